The summed E-state index contributed by atoms with van der Waals surface area (Å²) in [4.78, 5) is 4.18. The number of nitrogen functional groups attached to an aromatic ring is 1. The number of rotatable bonds is 2. The van der Waals surface area contributed by atoms with E-state index in [-0.39, 0.29) is 0 Å². The molecule has 2 rings (SSSR count). The molecule has 1 aromatic heterocycles. The van der Waals surface area contributed by atoms with Crippen molar-refractivity contribution in [1.29, 1.82) is 0 Å². The van der Waals surface area contributed by atoms with Gasteiger partial charge in [0.05, 0.1) is 5.69 Å². The maximum atomic E-state index is 5.76. The molecule has 4 heteroatoms. The van der Waals surface area contributed by atoms with Crippen LogP contribution >= 0.6 is 11.8 Å². The van der Waals surface area contributed by atoms with Crippen LogP contribution in [0.15, 0.2) is 6.20 Å². The van der Waals surface area contributed by atoms with Crippen molar-refractivity contribution in [2.24, 2.45) is 0 Å². The maximum absolute atomic E-state index is 5.76. The number of thioether (sulfide) groups is 1. The summed E-state index contributed by atoms with van der Waals surface area (Å²) in [6.07, 6.45) is 4.71. The van der Waals surface area contributed by atoms with Gasteiger partial charge in [0, 0.05) is 18.0 Å². The van der Waals surface area contributed by atoms with E-state index in [0.717, 1.165) is 17.5 Å². The lowest BCUT2D eigenvalue weighted by Crippen LogP contribution is -2.11. The smallest absolute Gasteiger partial charge is 0.200 e. The Morgan fingerprint density at radius 2 is 2.62 bits per heavy atom. The van der Waals surface area contributed by atoms with E-state index in [1.54, 1.807) is 0 Å². The highest BCUT2D eigenvalue weighted by Crippen LogP contribution is 2.27. The molecular weight excluding hydrogens is 182 g/mol. The molecule has 0 amide bonds. The summed E-state index contributed by atoms with van der Waals surface area (Å²) < 4.78 is 2.07. The summed E-state index contributed by atoms with van der Waals surface area (Å²) in [5.41, 5.74) is 6.78. The highest BCUT2D eigenvalue weighted by atomic mass is 32.2. The molecule has 1 unspecified atom stereocenters. The summed E-state index contributed by atoms with van der Waals surface area (Å²) in [6.45, 7) is 3.01. The van der Waals surface area contributed by atoms with Crippen molar-refractivity contribution >= 4 is 17.7 Å². The van der Waals surface area contributed by atoms with Gasteiger partial charge >= 0.3 is 0 Å². The van der Waals surface area contributed by atoms with Crippen LogP contribution < -0.4 is 5.73 Å². The molecule has 0 aromatic carbocycles. The average Bonchev–Trinajstić information content (AvgIpc) is 2.63. The minimum absolute atomic E-state index is 0.657. The molecule has 0 saturated carbocycles. The first kappa shape index (κ1) is 8.94. The molecule has 2 N–H and O–H groups in total. The third-order valence-corrected chi connectivity index (χ3v) is 3.73. The van der Waals surface area contributed by atoms with Gasteiger partial charge in [-0.2, -0.15) is 11.8 Å². The molecule has 1 saturated heterocycles. The predicted octanol–water partition coefficient (Wildman–Crippen LogP) is 1.67. The number of anilines is 1. The fourth-order valence-electron chi connectivity index (χ4n) is 1.72. The number of nitrogens with two attached hydrogens (primary N) is 1. The van der Waals surface area contributed by atoms with Gasteiger partial charge in [0.15, 0.2) is 5.95 Å². The van der Waals surface area contributed by atoms with E-state index in [9.17, 15) is 0 Å². The van der Waals surface area contributed by atoms with E-state index < -0.39 is 0 Å². The summed E-state index contributed by atoms with van der Waals surface area (Å²) in [6, 6.07) is 0. The van der Waals surface area contributed by atoms with Crippen molar-refractivity contribution in [2.75, 3.05) is 11.5 Å². The van der Waals surface area contributed by atoms with Gasteiger partial charge in [-0.25, -0.2) is 4.98 Å². The Balaban J connectivity index is 2.03. The molecule has 1 aliphatic rings. The second-order valence-corrected chi connectivity index (χ2v) is 4.94. The monoisotopic (exact) mass is 197 g/mol. The van der Waals surface area contributed by atoms with Gasteiger partial charge < -0.3 is 10.3 Å². The van der Waals surface area contributed by atoms with Crippen LogP contribution in [0.1, 0.15) is 18.5 Å². The number of imidazole rings is 1. The number of aryl methyl sites for hydroxylation is 1. The highest BCUT2D eigenvalue weighted by molar-refractivity contribution is 8.00. The van der Waals surface area contributed by atoms with Crippen LogP contribution in [0.5, 0.6) is 0 Å². The lowest BCUT2D eigenvalue weighted by atomic mass is 10.2. The largest absolute Gasteiger partial charge is 0.369 e. The molecule has 0 aliphatic carbocycles. The Bertz CT molecular complexity index is 289. The first-order valence-electron chi connectivity index (χ1n) is 4.66. The lowest BCUT2D eigenvalue weighted by Gasteiger charge is -2.09. The lowest BCUT2D eigenvalue weighted by molar-refractivity contribution is 0.644. The number of hydrogen-bond acceptors (Lipinski definition) is 3. The molecule has 2 heterocycles. The minimum atomic E-state index is 0.657. The van der Waals surface area contributed by atoms with Crippen LogP contribution in [-0.2, 0) is 6.54 Å². The second kappa shape index (κ2) is 3.62. The molecule has 1 aromatic rings. The Hall–Kier alpha value is -0.640. The molecule has 0 radical (unpaired) electrons. The zero-order chi connectivity index (χ0) is 9.26. The number of hydrogen-bond donors (Lipinski definition) is 1. The van der Waals surface area contributed by atoms with E-state index in [4.69, 9.17) is 5.73 Å². The molecule has 3 nitrogen and oxygen atoms in total. The van der Waals surface area contributed by atoms with E-state index in [1.807, 2.05) is 13.1 Å². The van der Waals surface area contributed by atoms with Gasteiger partial charge in [0.25, 0.3) is 0 Å². The molecule has 0 bridgehead atoms. The molecule has 1 atom stereocenters. The van der Waals surface area contributed by atoms with Crippen molar-refractivity contribution in [3.63, 3.8) is 0 Å². The van der Waals surface area contributed by atoms with E-state index in [0.29, 0.717) is 5.95 Å². The molecule has 72 valence electrons. The first-order chi connectivity index (χ1) is 6.25. The predicted molar refractivity (Wildman–Crippen MR) is 56.9 cm³/mol. The molecule has 1 aliphatic heterocycles. The van der Waals surface area contributed by atoms with E-state index in [2.05, 4.69) is 21.3 Å². The van der Waals surface area contributed by atoms with Gasteiger partial charge in [-0.3, -0.25) is 0 Å². The Labute approximate surface area is 82.7 Å². The SMILES string of the molecule is Cc1cn(CC2CCCS2)c(N)n1. The average molecular weight is 197 g/mol. The van der Waals surface area contributed by atoms with Crippen molar-refractivity contribution in [3.05, 3.63) is 11.9 Å². The van der Waals surface area contributed by atoms with E-state index in [1.165, 1.54) is 18.6 Å². The zero-order valence-corrected chi connectivity index (χ0v) is 8.68. The summed E-state index contributed by atoms with van der Waals surface area (Å²) >= 11 is 2.05. The third-order valence-electron chi connectivity index (χ3n) is 2.35. The van der Waals surface area contributed by atoms with Crippen molar-refractivity contribution in [1.82, 2.24) is 9.55 Å². The second-order valence-electron chi connectivity index (χ2n) is 3.53. The van der Waals surface area contributed by atoms with Gasteiger partial charge in [0.1, 0.15) is 0 Å². The normalized spacial score (nSPS) is 22.4. The van der Waals surface area contributed by atoms with Gasteiger partial charge in [0.2, 0.25) is 0 Å². The summed E-state index contributed by atoms with van der Waals surface area (Å²) in [5, 5.41) is 0.746. The standard InChI is InChI=1S/C9H15N3S/c1-7-5-12(9(10)11-7)6-8-3-2-4-13-8/h5,8H,2-4,6H2,1H3,(H2,10,11). The van der Waals surface area contributed by atoms with Crippen LogP contribution in [0.2, 0.25) is 0 Å². The van der Waals surface area contributed by atoms with Gasteiger partial charge in [-0.1, -0.05) is 0 Å². The van der Waals surface area contributed by atoms with E-state index >= 15 is 0 Å². The minimum Gasteiger partial charge on any atom is -0.369 e. The fraction of sp³-hybridized carbons (Fsp3) is 0.667. The van der Waals surface area contributed by atoms with Crippen LogP contribution in [0.4, 0.5) is 5.95 Å². The maximum Gasteiger partial charge on any atom is 0.200 e. The zero-order valence-electron chi connectivity index (χ0n) is 7.86. The van der Waals surface area contributed by atoms with Crippen molar-refractivity contribution in [2.45, 2.75) is 31.6 Å². The fourth-order valence-corrected chi connectivity index (χ4v) is 2.99. The van der Waals surface area contributed by atoms with Gasteiger partial charge in [-0.05, 0) is 25.5 Å². The molecule has 13 heavy (non-hydrogen) atoms. The quantitative estimate of drug-likeness (QED) is 0.784. The Morgan fingerprint density at radius 1 is 1.77 bits per heavy atom. The third kappa shape index (κ3) is 1.99. The summed E-state index contributed by atoms with van der Waals surface area (Å²) in [7, 11) is 0. The number of nitrogens with zero attached hydrogens (tertiary/aromatic N) is 2. The summed E-state index contributed by atoms with van der Waals surface area (Å²) in [5.74, 6) is 1.96. The first-order valence-corrected chi connectivity index (χ1v) is 5.71. The molecule has 0 spiro atoms. The highest BCUT2D eigenvalue weighted by Gasteiger charge is 2.16. The Kier molecular flexibility index (Phi) is 2.49. The van der Waals surface area contributed by atoms with Crippen LogP contribution in [-0.4, -0.2) is 20.6 Å². The van der Waals surface area contributed by atoms with Gasteiger partial charge in [-0.15, -0.1) is 0 Å². The topological polar surface area (TPSA) is 43.8 Å². The number of aromatic nitrogens is 2. The van der Waals surface area contributed by atoms with Crippen LogP contribution in [0, 0.1) is 6.92 Å². The Morgan fingerprint density at radius 3 is 3.15 bits per heavy atom. The van der Waals surface area contributed by atoms with Crippen LogP contribution in [0.25, 0.3) is 0 Å². The van der Waals surface area contributed by atoms with Crippen LogP contribution in [0.3, 0.4) is 0 Å². The van der Waals surface area contributed by atoms with Crippen molar-refractivity contribution in [3.8, 4) is 0 Å². The molecule has 1 fully saturated rings. The molecular formula is C9H15N3S. The van der Waals surface area contributed by atoms with Crippen molar-refractivity contribution < 1.29 is 0 Å².